The summed E-state index contributed by atoms with van der Waals surface area (Å²) in [4.78, 5) is 38.1. The van der Waals surface area contributed by atoms with Gasteiger partial charge in [-0.1, -0.05) is 0 Å². The highest BCUT2D eigenvalue weighted by Crippen LogP contribution is 2.57. The molecule has 5 atom stereocenters. The Balaban J connectivity index is 0.000000366. The minimum atomic E-state index is -5.29. The van der Waals surface area contributed by atoms with Crippen molar-refractivity contribution in [2.75, 3.05) is 51.6 Å². The fourth-order valence-corrected chi connectivity index (χ4v) is 5.12. The second-order valence-corrected chi connectivity index (χ2v) is 11.4. The van der Waals surface area contributed by atoms with Crippen LogP contribution in [0.25, 0.3) is 11.2 Å². The summed E-state index contributed by atoms with van der Waals surface area (Å²) in [7, 11) is -10.4. The van der Waals surface area contributed by atoms with Crippen LogP contribution in [0.15, 0.2) is 12.7 Å². The molecule has 2 aromatic heterocycles. The second-order valence-electron chi connectivity index (χ2n) is 8.60. The van der Waals surface area contributed by atoms with Gasteiger partial charge in [-0.25, -0.2) is 24.1 Å². The first-order valence-electron chi connectivity index (χ1n) is 12.4. The number of anilines is 1. The molecule has 0 radical (unpaired) electrons. The maximum Gasteiger partial charge on any atom is 0.481 e. The Bertz CT molecular complexity index is 1110. The lowest BCUT2D eigenvalue weighted by molar-refractivity contribution is -0.0503. The lowest BCUT2D eigenvalue weighted by Gasteiger charge is -2.17. The average molecular weight is 616 g/mol. The molecule has 0 aromatic carbocycles. The van der Waals surface area contributed by atoms with E-state index in [1.165, 1.54) is 17.3 Å². The van der Waals surface area contributed by atoms with E-state index in [1.807, 2.05) is 0 Å². The molecule has 3 heterocycles. The molecule has 0 spiro atoms. The number of phosphoric ester groups is 1. The van der Waals surface area contributed by atoms with Gasteiger partial charge in [0.25, 0.3) is 0 Å². The number of aliphatic hydroxyl groups is 2. The fourth-order valence-electron chi connectivity index (χ4n) is 3.52. The number of nitrogens with zero attached hydrogens (tertiary/aromatic N) is 4. The zero-order chi connectivity index (χ0) is 29.8. The third-order valence-corrected chi connectivity index (χ3v) is 7.58. The highest BCUT2D eigenvalue weighted by molar-refractivity contribution is 7.60. The molecule has 13 N–H and O–H groups in total. The monoisotopic (exact) mass is 615 g/mol. The number of imidazole rings is 1. The van der Waals surface area contributed by atoms with Crippen LogP contribution in [0.1, 0.15) is 25.5 Å². The Morgan fingerprint density at radius 2 is 1.55 bits per heavy atom. The van der Waals surface area contributed by atoms with Crippen molar-refractivity contribution in [3.8, 4) is 0 Å². The van der Waals surface area contributed by atoms with Gasteiger partial charge in [0.05, 0.1) is 12.9 Å². The number of phosphoric acid groups is 2. The third kappa shape index (κ3) is 11.3. The molecule has 21 heteroatoms. The van der Waals surface area contributed by atoms with Gasteiger partial charge in [0, 0.05) is 0 Å². The van der Waals surface area contributed by atoms with Gasteiger partial charge < -0.3 is 57.5 Å². The van der Waals surface area contributed by atoms with E-state index in [4.69, 9.17) is 31.7 Å². The van der Waals surface area contributed by atoms with Gasteiger partial charge in [-0.2, -0.15) is 4.31 Å². The molecular formula is C19H39N9O10P2. The molecule has 1 unspecified atom stereocenters. The van der Waals surface area contributed by atoms with Crippen LogP contribution in [0.4, 0.5) is 5.82 Å². The van der Waals surface area contributed by atoms with E-state index in [9.17, 15) is 24.2 Å². The lowest BCUT2D eigenvalue weighted by atomic mass is 10.1. The number of hydrogen-bond donors (Lipinski definition) is 10. The van der Waals surface area contributed by atoms with Gasteiger partial charge in [-0.05, 0) is 58.5 Å². The van der Waals surface area contributed by atoms with Gasteiger partial charge in [-0.15, -0.1) is 0 Å². The molecule has 0 saturated carbocycles. The Hall–Kier alpha value is -1.67. The Morgan fingerprint density at radius 1 is 0.950 bits per heavy atom. The summed E-state index contributed by atoms with van der Waals surface area (Å²) in [5.41, 5.74) is 16.8. The molecule has 1 fully saturated rings. The van der Waals surface area contributed by atoms with E-state index < -0.39 is 46.8 Å². The summed E-state index contributed by atoms with van der Waals surface area (Å²) < 4.78 is 36.8. The molecule has 19 nitrogen and oxygen atoms in total. The van der Waals surface area contributed by atoms with Crippen LogP contribution in [0.3, 0.4) is 0 Å². The first-order chi connectivity index (χ1) is 18.9. The molecule has 40 heavy (non-hydrogen) atoms. The number of ether oxygens (including phenoxy) is 1. The van der Waals surface area contributed by atoms with Gasteiger partial charge >= 0.3 is 15.6 Å². The summed E-state index contributed by atoms with van der Waals surface area (Å²) in [6, 6.07) is 0. The molecule has 3 rings (SSSR count). The molecule has 0 aliphatic carbocycles. The molecule has 1 saturated heterocycles. The summed E-state index contributed by atoms with van der Waals surface area (Å²) in [6.07, 6.45) is 0.116. The van der Waals surface area contributed by atoms with E-state index in [1.54, 1.807) is 0 Å². The second kappa shape index (κ2) is 16.7. The number of fused-ring (bicyclic) bond motifs is 1. The van der Waals surface area contributed by atoms with Crippen LogP contribution in [0, 0.1) is 0 Å². The molecule has 0 amide bonds. The van der Waals surface area contributed by atoms with Crippen LogP contribution in [-0.2, 0) is 22.7 Å². The van der Waals surface area contributed by atoms with Gasteiger partial charge in [0.15, 0.2) is 17.7 Å². The van der Waals surface area contributed by atoms with Crippen molar-refractivity contribution in [2.45, 2.75) is 43.8 Å². The molecule has 1 aliphatic rings. The standard InChI is InChI=1S/C10H15N5O10P2.C9H24N4/c11-8-5-9(13-2-12-8)15(3-14-5)10-7(17)6(16)4(24-10)1-23-27(21,22)25-26(18,19)20;10-4-1-6-12-8-3-9-13-7-2-5-11/h2-4,6-7,10,16-17H,1H2,(H,21,22)(H2,11,12,13)(H2,18,19,20);12-13H,1-11H2/t4-,6-,7-,10-;/m1./s1. The number of aliphatic hydroxyl groups excluding tert-OH is 2. The van der Waals surface area contributed by atoms with Crippen molar-refractivity contribution in [3.63, 3.8) is 0 Å². The summed E-state index contributed by atoms with van der Waals surface area (Å²) in [5, 5.41) is 26.9. The van der Waals surface area contributed by atoms with Crippen LogP contribution in [-0.4, -0.2) is 109 Å². The largest absolute Gasteiger partial charge is 0.481 e. The number of nitrogens with two attached hydrogens (primary N) is 3. The maximum absolute atomic E-state index is 11.5. The van der Waals surface area contributed by atoms with Crippen molar-refractivity contribution >= 4 is 32.6 Å². The predicted octanol–water partition coefficient (Wildman–Crippen LogP) is -2.49. The van der Waals surface area contributed by atoms with E-state index in [-0.39, 0.29) is 17.0 Å². The van der Waals surface area contributed by atoms with E-state index in [0.29, 0.717) is 0 Å². The topological polar surface area (TPSA) is 309 Å². The summed E-state index contributed by atoms with van der Waals surface area (Å²) in [5.74, 6) is 0.0856. The highest BCUT2D eigenvalue weighted by Gasteiger charge is 2.46. The van der Waals surface area contributed by atoms with E-state index in [0.717, 1.165) is 58.4 Å². The normalized spacial score (nSPS) is 22.7. The van der Waals surface area contributed by atoms with Crippen molar-refractivity contribution < 1.29 is 47.6 Å². The minimum Gasteiger partial charge on any atom is -0.387 e. The van der Waals surface area contributed by atoms with Gasteiger partial charge in [0.1, 0.15) is 30.2 Å². The summed E-state index contributed by atoms with van der Waals surface area (Å²) >= 11 is 0. The number of nitrogen functional groups attached to an aromatic ring is 1. The zero-order valence-electron chi connectivity index (χ0n) is 21.7. The predicted molar refractivity (Wildman–Crippen MR) is 142 cm³/mol. The minimum absolute atomic E-state index is 0.0856. The van der Waals surface area contributed by atoms with Crippen LogP contribution in [0.5, 0.6) is 0 Å². The molecule has 0 bridgehead atoms. The van der Waals surface area contributed by atoms with E-state index >= 15 is 0 Å². The average Bonchev–Trinajstić information content (AvgIpc) is 3.42. The third-order valence-electron chi connectivity index (χ3n) is 5.43. The molecule has 2 aromatic rings. The number of nitrogens with one attached hydrogen (secondary N) is 2. The lowest BCUT2D eigenvalue weighted by Crippen LogP contribution is -2.33. The maximum atomic E-state index is 11.5. The Labute approximate surface area is 230 Å². The highest BCUT2D eigenvalue weighted by atomic mass is 31.3. The van der Waals surface area contributed by atoms with Crippen molar-refractivity contribution in [1.29, 1.82) is 0 Å². The molecule has 230 valence electrons. The van der Waals surface area contributed by atoms with Crippen molar-refractivity contribution in [1.82, 2.24) is 30.2 Å². The first-order valence-corrected chi connectivity index (χ1v) is 15.4. The summed E-state index contributed by atoms with van der Waals surface area (Å²) in [6.45, 7) is 4.99. The number of hydrogen-bond acceptors (Lipinski definition) is 15. The molecule has 1 aliphatic heterocycles. The van der Waals surface area contributed by atoms with Crippen LogP contribution in [0.2, 0.25) is 0 Å². The first kappa shape index (κ1) is 34.5. The van der Waals surface area contributed by atoms with Crippen molar-refractivity contribution in [3.05, 3.63) is 12.7 Å². The van der Waals surface area contributed by atoms with Gasteiger partial charge in [-0.3, -0.25) is 9.09 Å². The van der Waals surface area contributed by atoms with E-state index in [2.05, 4.69) is 34.4 Å². The Kier molecular flexibility index (Phi) is 14.4. The zero-order valence-corrected chi connectivity index (χ0v) is 23.5. The van der Waals surface area contributed by atoms with Crippen molar-refractivity contribution in [2.24, 2.45) is 11.5 Å². The van der Waals surface area contributed by atoms with Crippen LogP contribution < -0.4 is 27.8 Å². The molecular weight excluding hydrogens is 576 g/mol. The van der Waals surface area contributed by atoms with Gasteiger partial charge in [0.2, 0.25) is 0 Å². The number of aromatic nitrogens is 4. The number of rotatable bonds is 16. The smallest absolute Gasteiger partial charge is 0.387 e. The fraction of sp³-hybridized carbons (Fsp3) is 0.737. The van der Waals surface area contributed by atoms with Crippen LogP contribution >= 0.6 is 15.6 Å². The Morgan fingerprint density at radius 3 is 2.12 bits per heavy atom. The SMILES string of the molecule is NCCCNCCCNCCCN.Nc1ncnc2c1ncn2[C@@H]1O[C@H](COP(=O)(O)OP(=O)(O)O)[C@@H](O)[C@H]1O. The quantitative estimate of drug-likeness (QED) is 0.0689.